The van der Waals surface area contributed by atoms with E-state index in [0.29, 0.717) is 16.8 Å². The largest absolute Gasteiger partial charge is 0.548 e. The van der Waals surface area contributed by atoms with Crippen LogP contribution in [0.2, 0.25) is 0 Å². The van der Waals surface area contributed by atoms with Crippen molar-refractivity contribution in [2.75, 3.05) is 20.6 Å². The lowest BCUT2D eigenvalue weighted by molar-refractivity contribution is -0.305. The number of aliphatic carboxylic acids is 1. The van der Waals surface area contributed by atoms with Crippen molar-refractivity contribution in [3.8, 4) is 16.9 Å². The van der Waals surface area contributed by atoms with Gasteiger partial charge in [0.15, 0.2) is 0 Å². The van der Waals surface area contributed by atoms with Gasteiger partial charge in [0, 0.05) is 31.4 Å². The second-order valence-electron chi connectivity index (χ2n) is 7.67. The summed E-state index contributed by atoms with van der Waals surface area (Å²) in [5.41, 5.74) is 2.26. The Morgan fingerprint density at radius 1 is 1.17 bits per heavy atom. The number of hydrogen-bond donors (Lipinski definition) is 0. The molecular formula is C23H19N4O5S3-. The molecule has 3 aromatic rings. The molecule has 1 aromatic heterocycles. The molecule has 0 radical (unpaired) electrons. The number of carboxylic acid groups (broad SMARTS) is 1. The molecule has 1 aliphatic rings. The van der Waals surface area contributed by atoms with Crippen LogP contribution in [0.3, 0.4) is 0 Å². The fourth-order valence-electron chi connectivity index (χ4n) is 3.35. The summed E-state index contributed by atoms with van der Waals surface area (Å²) in [5, 5.41) is 15.7. The number of aromatic nitrogens is 2. The Bertz CT molecular complexity index is 1460. The minimum atomic E-state index is -3.68. The van der Waals surface area contributed by atoms with Gasteiger partial charge in [-0.1, -0.05) is 54.3 Å². The maximum absolute atomic E-state index is 12.8. The first-order chi connectivity index (χ1) is 16.6. The third kappa shape index (κ3) is 5.05. The van der Waals surface area contributed by atoms with Crippen LogP contribution in [0, 0.1) is 0 Å². The molecule has 0 bridgehead atoms. The molecule has 1 fully saturated rings. The van der Waals surface area contributed by atoms with Crippen LogP contribution in [0.5, 0.6) is 0 Å². The van der Waals surface area contributed by atoms with Gasteiger partial charge in [0.25, 0.3) is 5.91 Å². The molecule has 0 saturated carbocycles. The molecule has 0 spiro atoms. The number of carbonyl (C=O) groups excluding carboxylic acids is 2. The Morgan fingerprint density at radius 3 is 2.54 bits per heavy atom. The molecule has 12 heteroatoms. The van der Waals surface area contributed by atoms with Crippen molar-refractivity contribution in [1.82, 2.24) is 19.0 Å². The fourth-order valence-corrected chi connectivity index (χ4v) is 5.55. The average Bonchev–Trinajstić information content (AvgIpc) is 3.36. The lowest BCUT2D eigenvalue weighted by Gasteiger charge is -2.14. The highest BCUT2D eigenvalue weighted by Crippen LogP contribution is 2.35. The highest BCUT2D eigenvalue weighted by molar-refractivity contribution is 8.26. The van der Waals surface area contributed by atoms with E-state index in [2.05, 4.69) is 5.10 Å². The summed E-state index contributed by atoms with van der Waals surface area (Å²) in [6.45, 7) is -0.636. The average molecular weight is 528 g/mol. The Morgan fingerprint density at radius 2 is 1.89 bits per heavy atom. The van der Waals surface area contributed by atoms with Gasteiger partial charge in [0.1, 0.15) is 10.0 Å². The second-order valence-corrected chi connectivity index (χ2v) is 11.5. The van der Waals surface area contributed by atoms with Crippen LogP contribution in [-0.4, -0.2) is 64.2 Å². The quantitative estimate of drug-likeness (QED) is 0.337. The molecule has 0 atom stereocenters. The number of benzene rings is 2. The lowest BCUT2D eigenvalue weighted by Crippen LogP contribution is -2.40. The van der Waals surface area contributed by atoms with Gasteiger partial charge < -0.3 is 9.90 Å². The smallest absolute Gasteiger partial charge is 0.266 e. The van der Waals surface area contributed by atoms with Crippen molar-refractivity contribution >= 4 is 56.3 Å². The number of thiocarbonyl (C=S) groups is 1. The minimum Gasteiger partial charge on any atom is -0.548 e. The highest BCUT2D eigenvalue weighted by atomic mass is 32.2. The zero-order chi connectivity index (χ0) is 25.3. The number of carbonyl (C=O) groups is 2. The third-order valence-electron chi connectivity index (χ3n) is 5.10. The Balaban J connectivity index is 1.84. The molecule has 4 rings (SSSR count). The first-order valence-electron chi connectivity index (χ1n) is 10.2. The van der Waals surface area contributed by atoms with Gasteiger partial charge in [-0.3, -0.25) is 9.69 Å². The molecular weight excluding hydrogens is 508 g/mol. The summed E-state index contributed by atoms with van der Waals surface area (Å²) < 4.78 is 28.2. The SMILES string of the molecule is CN(C)S(=O)(=O)c1cccc(-c2nn(-c3ccccc3)cc2/C=C2\SC(=S)N(CC(=O)[O-])C2=O)c1. The maximum atomic E-state index is 12.8. The topological polar surface area (TPSA) is 116 Å². The molecule has 0 aliphatic carbocycles. The molecule has 35 heavy (non-hydrogen) atoms. The molecule has 1 amide bonds. The highest BCUT2D eigenvalue weighted by Gasteiger charge is 2.32. The molecule has 1 saturated heterocycles. The summed E-state index contributed by atoms with van der Waals surface area (Å²) in [5.74, 6) is -1.97. The second kappa shape index (κ2) is 9.74. The van der Waals surface area contributed by atoms with E-state index in [1.54, 1.807) is 29.1 Å². The number of thioether (sulfide) groups is 1. The van der Waals surface area contributed by atoms with Gasteiger partial charge in [-0.05, 0) is 30.3 Å². The first kappa shape index (κ1) is 24.8. The number of rotatable bonds is 7. The van der Waals surface area contributed by atoms with Crippen molar-refractivity contribution < 1.29 is 23.1 Å². The normalized spacial score (nSPS) is 15.4. The van der Waals surface area contributed by atoms with E-state index in [4.69, 9.17) is 12.2 Å². The summed E-state index contributed by atoms with van der Waals surface area (Å²) in [6.07, 6.45) is 3.28. The zero-order valence-electron chi connectivity index (χ0n) is 18.6. The van der Waals surface area contributed by atoms with E-state index >= 15 is 0 Å². The molecule has 9 nitrogen and oxygen atoms in total. The van der Waals surface area contributed by atoms with E-state index < -0.39 is 28.4 Å². The van der Waals surface area contributed by atoms with Crippen molar-refractivity contribution in [2.24, 2.45) is 0 Å². The zero-order valence-corrected chi connectivity index (χ0v) is 21.1. The summed E-state index contributed by atoms with van der Waals surface area (Å²) in [6, 6.07) is 15.6. The van der Waals surface area contributed by atoms with E-state index in [0.717, 1.165) is 26.7 Å². The van der Waals surface area contributed by atoms with Crippen LogP contribution in [0.4, 0.5) is 0 Å². The molecule has 2 aromatic carbocycles. The van der Waals surface area contributed by atoms with E-state index in [1.807, 2.05) is 30.3 Å². The number of hydrogen-bond acceptors (Lipinski definition) is 8. The first-order valence-corrected chi connectivity index (χ1v) is 12.9. The van der Waals surface area contributed by atoms with Crippen LogP contribution in [-0.2, 0) is 19.6 Å². The maximum Gasteiger partial charge on any atom is 0.266 e. The summed E-state index contributed by atoms with van der Waals surface area (Å²) in [7, 11) is -0.782. The Kier molecular flexibility index (Phi) is 6.90. The molecule has 1 aliphatic heterocycles. The standard InChI is InChI=1S/C23H20N4O5S3/c1-25(2)35(31,32)18-10-6-7-15(11-18)21-16(13-27(24-21)17-8-4-3-5-9-17)12-19-22(30)26(14-20(28)29)23(33)34-19/h3-13H,14H2,1-2H3,(H,28,29)/p-1/b19-12-. The predicted octanol–water partition coefficient (Wildman–Crippen LogP) is 1.74. The number of sulfonamides is 1. The molecule has 0 unspecified atom stereocenters. The van der Waals surface area contributed by atoms with Gasteiger partial charge in [-0.2, -0.15) is 5.10 Å². The number of amides is 1. The van der Waals surface area contributed by atoms with Crippen LogP contribution < -0.4 is 5.11 Å². The van der Waals surface area contributed by atoms with Crippen LogP contribution in [0.1, 0.15) is 5.56 Å². The van der Waals surface area contributed by atoms with E-state index in [9.17, 15) is 23.1 Å². The van der Waals surface area contributed by atoms with Crippen molar-refractivity contribution in [2.45, 2.75) is 4.90 Å². The van der Waals surface area contributed by atoms with E-state index in [-0.39, 0.29) is 14.1 Å². The van der Waals surface area contributed by atoms with Crippen molar-refractivity contribution in [1.29, 1.82) is 0 Å². The van der Waals surface area contributed by atoms with Gasteiger partial charge in [-0.15, -0.1) is 0 Å². The number of para-hydroxylation sites is 1. The number of nitrogens with zero attached hydrogens (tertiary/aromatic N) is 4. The lowest BCUT2D eigenvalue weighted by atomic mass is 10.1. The molecule has 2 heterocycles. The van der Waals surface area contributed by atoms with Crippen molar-refractivity contribution in [3.63, 3.8) is 0 Å². The van der Waals surface area contributed by atoms with Gasteiger partial charge >= 0.3 is 0 Å². The van der Waals surface area contributed by atoms with Crippen LogP contribution >= 0.6 is 24.0 Å². The van der Waals surface area contributed by atoms with Gasteiger partial charge in [0.2, 0.25) is 10.0 Å². The fraction of sp³-hybridized carbons (Fsp3) is 0.130. The predicted molar refractivity (Wildman–Crippen MR) is 135 cm³/mol. The van der Waals surface area contributed by atoms with Gasteiger partial charge in [-0.25, -0.2) is 17.4 Å². The Labute approximate surface area is 211 Å². The third-order valence-corrected chi connectivity index (χ3v) is 8.29. The van der Waals surface area contributed by atoms with Gasteiger partial charge in [0.05, 0.1) is 28.0 Å². The van der Waals surface area contributed by atoms with Crippen LogP contribution in [0.25, 0.3) is 23.0 Å². The summed E-state index contributed by atoms with van der Waals surface area (Å²) in [4.78, 5) is 25.1. The Hall–Kier alpha value is -3.32. The molecule has 180 valence electrons. The summed E-state index contributed by atoms with van der Waals surface area (Å²) >= 11 is 6.14. The van der Waals surface area contributed by atoms with Crippen LogP contribution in [0.15, 0.2) is 70.6 Å². The van der Waals surface area contributed by atoms with Crippen molar-refractivity contribution in [3.05, 3.63) is 71.3 Å². The molecule has 0 N–H and O–H groups in total. The van der Waals surface area contributed by atoms with E-state index in [1.165, 1.54) is 26.2 Å². The minimum absolute atomic E-state index is 0.0977. The monoisotopic (exact) mass is 527 g/mol. The number of carboxylic acids is 1.